The van der Waals surface area contributed by atoms with Gasteiger partial charge in [0.25, 0.3) is 0 Å². The Kier molecular flexibility index (Phi) is 3.12. The van der Waals surface area contributed by atoms with Crippen LogP contribution in [0.5, 0.6) is 5.75 Å². The maximum Gasteiger partial charge on any atom is 0.165 e. The Bertz CT molecular complexity index is 375. The third-order valence-electron chi connectivity index (χ3n) is 3.05. The van der Waals surface area contributed by atoms with Gasteiger partial charge in [0.15, 0.2) is 11.6 Å². The molecule has 88 valence electrons. The van der Waals surface area contributed by atoms with Gasteiger partial charge in [-0.05, 0) is 37.1 Å². The topological polar surface area (TPSA) is 41.5 Å². The van der Waals surface area contributed by atoms with Gasteiger partial charge in [-0.25, -0.2) is 4.39 Å². The smallest absolute Gasteiger partial charge is 0.165 e. The lowest BCUT2D eigenvalue weighted by Gasteiger charge is -2.33. The third kappa shape index (κ3) is 2.03. The van der Waals surface area contributed by atoms with Crippen LogP contribution in [0.4, 0.5) is 4.39 Å². The first-order valence-electron chi connectivity index (χ1n) is 5.43. The van der Waals surface area contributed by atoms with E-state index >= 15 is 0 Å². The van der Waals surface area contributed by atoms with Crippen LogP contribution in [0.15, 0.2) is 18.2 Å². The van der Waals surface area contributed by atoms with Gasteiger partial charge < -0.3 is 15.2 Å². The molecule has 0 amide bonds. The van der Waals surface area contributed by atoms with Crippen LogP contribution >= 0.6 is 0 Å². The summed E-state index contributed by atoms with van der Waals surface area (Å²) in [7, 11) is 1.43. The van der Waals surface area contributed by atoms with E-state index in [9.17, 15) is 9.50 Å². The van der Waals surface area contributed by atoms with Crippen molar-refractivity contribution in [1.82, 2.24) is 5.32 Å². The lowest BCUT2D eigenvalue weighted by atomic mass is 9.86. The molecule has 3 nitrogen and oxygen atoms in total. The van der Waals surface area contributed by atoms with Crippen LogP contribution in [0.1, 0.15) is 18.4 Å². The summed E-state index contributed by atoms with van der Waals surface area (Å²) in [6, 6.07) is 4.62. The highest BCUT2D eigenvalue weighted by Crippen LogP contribution is 2.30. The summed E-state index contributed by atoms with van der Waals surface area (Å²) < 4.78 is 18.4. The molecule has 4 heteroatoms. The van der Waals surface area contributed by atoms with Gasteiger partial charge in [-0.15, -0.1) is 0 Å². The van der Waals surface area contributed by atoms with Crippen molar-refractivity contribution in [1.29, 1.82) is 0 Å². The standard InChI is InChI=1S/C12H16FNO2/c1-16-11-4-3-9(7-10(11)13)12(15)5-2-6-14-8-12/h3-4,7,14-15H,2,5-6,8H2,1H3. The van der Waals surface area contributed by atoms with E-state index < -0.39 is 11.4 Å². The number of benzene rings is 1. The molecule has 16 heavy (non-hydrogen) atoms. The van der Waals surface area contributed by atoms with Crippen LogP contribution in [0, 0.1) is 5.82 Å². The lowest BCUT2D eigenvalue weighted by molar-refractivity contribution is 0.0120. The predicted octanol–water partition coefficient (Wildman–Crippen LogP) is 1.41. The molecular formula is C12H16FNO2. The number of hydrogen-bond donors (Lipinski definition) is 2. The molecule has 2 rings (SSSR count). The van der Waals surface area contributed by atoms with Crippen molar-refractivity contribution in [3.05, 3.63) is 29.6 Å². The number of nitrogens with one attached hydrogen (secondary N) is 1. The quantitative estimate of drug-likeness (QED) is 0.799. The van der Waals surface area contributed by atoms with Crippen LogP contribution in [0.25, 0.3) is 0 Å². The Balaban J connectivity index is 2.29. The maximum absolute atomic E-state index is 13.5. The molecule has 1 atom stereocenters. The van der Waals surface area contributed by atoms with E-state index in [0.29, 0.717) is 18.5 Å². The number of methoxy groups -OCH3 is 1. The second kappa shape index (κ2) is 4.39. The van der Waals surface area contributed by atoms with Gasteiger partial charge in [0.2, 0.25) is 0 Å². The number of hydrogen-bond acceptors (Lipinski definition) is 3. The first-order valence-corrected chi connectivity index (χ1v) is 5.43. The molecule has 1 aliphatic heterocycles. The van der Waals surface area contributed by atoms with Crippen LogP contribution in [-0.2, 0) is 5.60 Å². The van der Waals surface area contributed by atoms with Crippen molar-refractivity contribution in [2.45, 2.75) is 18.4 Å². The zero-order valence-corrected chi connectivity index (χ0v) is 9.29. The maximum atomic E-state index is 13.5. The molecule has 0 saturated carbocycles. The van der Waals surface area contributed by atoms with E-state index in [4.69, 9.17) is 4.74 Å². The van der Waals surface area contributed by atoms with Gasteiger partial charge in [0.1, 0.15) is 5.60 Å². The molecular weight excluding hydrogens is 209 g/mol. The van der Waals surface area contributed by atoms with Gasteiger partial charge in [-0.2, -0.15) is 0 Å². The molecule has 2 N–H and O–H groups in total. The van der Waals surface area contributed by atoms with Gasteiger partial charge in [-0.1, -0.05) is 6.07 Å². The van der Waals surface area contributed by atoms with Crippen molar-refractivity contribution in [3.8, 4) is 5.75 Å². The number of ether oxygens (including phenoxy) is 1. The van der Waals surface area contributed by atoms with Gasteiger partial charge in [0, 0.05) is 6.54 Å². The van der Waals surface area contributed by atoms with Crippen molar-refractivity contribution in [2.75, 3.05) is 20.2 Å². The second-order valence-corrected chi connectivity index (χ2v) is 4.16. The Hall–Kier alpha value is -1.13. The molecule has 0 aliphatic carbocycles. The minimum absolute atomic E-state index is 0.205. The Morgan fingerprint density at radius 1 is 1.50 bits per heavy atom. The number of rotatable bonds is 2. The minimum atomic E-state index is -0.953. The monoisotopic (exact) mass is 225 g/mol. The van der Waals surface area contributed by atoms with Crippen molar-refractivity contribution >= 4 is 0 Å². The average Bonchev–Trinajstić information content (AvgIpc) is 2.30. The van der Waals surface area contributed by atoms with Crippen LogP contribution in [-0.4, -0.2) is 25.3 Å². The number of aliphatic hydroxyl groups is 1. The Morgan fingerprint density at radius 3 is 2.88 bits per heavy atom. The summed E-state index contributed by atoms with van der Waals surface area (Å²) >= 11 is 0. The molecule has 1 aliphatic rings. The second-order valence-electron chi connectivity index (χ2n) is 4.16. The van der Waals surface area contributed by atoms with Crippen molar-refractivity contribution < 1.29 is 14.2 Å². The highest BCUT2D eigenvalue weighted by atomic mass is 19.1. The Morgan fingerprint density at radius 2 is 2.31 bits per heavy atom. The summed E-state index contributed by atoms with van der Waals surface area (Å²) in [5.74, 6) is -0.227. The highest BCUT2D eigenvalue weighted by molar-refractivity contribution is 5.33. The molecule has 1 heterocycles. The number of halogens is 1. The molecule has 1 saturated heterocycles. The molecule has 1 aromatic rings. The summed E-state index contributed by atoms with van der Waals surface area (Å²) in [5.41, 5.74) is -0.344. The van der Waals surface area contributed by atoms with E-state index in [1.165, 1.54) is 13.2 Å². The predicted molar refractivity (Wildman–Crippen MR) is 59.0 cm³/mol. The van der Waals surface area contributed by atoms with E-state index in [0.717, 1.165) is 13.0 Å². The summed E-state index contributed by atoms with van der Waals surface area (Å²) in [4.78, 5) is 0. The van der Waals surface area contributed by atoms with Crippen molar-refractivity contribution in [2.24, 2.45) is 0 Å². The van der Waals surface area contributed by atoms with E-state index in [-0.39, 0.29) is 5.75 Å². The molecule has 1 aromatic carbocycles. The van der Waals surface area contributed by atoms with E-state index in [1.807, 2.05) is 0 Å². The molecule has 1 fully saturated rings. The first-order chi connectivity index (χ1) is 7.65. The van der Waals surface area contributed by atoms with Gasteiger partial charge in [0.05, 0.1) is 7.11 Å². The minimum Gasteiger partial charge on any atom is -0.494 e. The van der Waals surface area contributed by atoms with Crippen LogP contribution in [0.3, 0.4) is 0 Å². The van der Waals surface area contributed by atoms with Gasteiger partial charge in [-0.3, -0.25) is 0 Å². The van der Waals surface area contributed by atoms with E-state index in [2.05, 4.69) is 5.32 Å². The first kappa shape index (κ1) is 11.4. The third-order valence-corrected chi connectivity index (χ3v) is 3.05. The SMILES string of the molecule is COc1ccc(C2(O)CCCNC2)cc1F. The molecule has 0 spiro atoms. The lowest BCUT2D eigenvalue weighted by Crippen LogP contribution is -2.43. The molecule has 1 unspecified atom stereocenters. The van der Waals surface area contributed by atoms with Gasteiger partial charge >= 0.3 is 0 Å². The van der Waals surface area contributed by atoms with E-state index in [1.54, 1.807) is 12.1 Å². The van der Waals surface area contributed by atoms with Crippen LogP contribution < -0.4 is 10.1 Å². The number of piperidine rings is 1. The zero-order chi connectivity index (χ0) is 11.6. The highest BCUT2D eigenvalue weighted by Gasteiger charge is 2.31. The average molecular weight is 225 g/mol. The molecule has 0 aromatic heterocycles. The molecule has 0 bridgehead atoms. The molecule has 0 radical (unpaired) electrons. The fourth-order valence-corrected chi connectivity index (χ4v) is 2.09. The zero-order valence-electron chi connectivity index (χ0n) is 9.29. The largest absolute Gasteiger partial charge is 0.494 e. The Labute approximate surface area is 94.2 Å². The summed E-state index contributed by atoms with van der Waals surface area (Å²) in [6.07, 6.45) is 1.55. The normalized spacial score (nSPS) is 25.4. The fraction of sp³-hybridized carbons (Fsp3) is 0.500. The summed E-state index contributed by atoms with van der Waals surface area (Å²) in [6.45, 7) is 1.37. The van der Waals surface area contributed by atoms with Crippen LogP contribution in [0.2, 0.25) is 0 Å². The van der Waals surface area contributed by atoms with Crippen molar-refractivity contribution in [3.63, 3.8) is 0 Å². The fourth-order valence-electron chi connectivity index (χ4n) is 2.09. The summed E-state index contributed by atoms with van der Waals surface area (Å²) in [5, 5.41) is 13.5. The number of β-amino-alcohol motifs (C(OH)–C–C–N with tert-alkyl or cyclic N) is 1.